The van der Waals surface area contributed by atoms with Crippen molar-refractivity contribution in [2.75, 3.05) is 12.3 Å². The Labute approximate surface area is 137 Å². The van der Waals surface area contributed by atoms with E-state index >= 15 is 0 Å². The molecule has 1 fully saturated rings. The summed E-state index contributed by atoms with van der Waals surface area (Å²) in [5.74, 6) is 2.63. The highest BCUT2D eigenvalue weighted by Gasteiger charge is 2.41. The topological polar surface area (TPSA) is 55.1 Å². The number of carbonyl (C=O) groups excluding carboxylic acids is 1. The molecule has 1 aromatic carbocycles. The van der Waals surface area contributed by atoms with Crippen LogP contribution in [-0.4, -0.2) is 23.7 Å². The molecule has 0 spiro atoms. The maximum atomic E-state index is 12.3. The monoisotopic (exact) mass is 328 g/mol. The minimum Gasteiger partial charge on any atom is -0.345 e. The van der Waals surface area contributed by atoms with E-state index in [-0.39, 0.29) is 23.9 Å². The molecule has 1 aliphatic rings. The first-order valence-corrected chi connectivity index (χ1v) is 8.44. The molecule has 21 heavy (non-hydrogen) atoms. The third-order valence-corrected chi connectivity index (χ3v) is 4.94. The Morgan fingerprint density at radius 1 is 1.38 bits per heavy atom. The van der Waals surface area contributed by atoms with Gasteiger partial charge in [0.2, 0.25) is 0 Å². The van der Waals surface area contributed by atoms with Gasteiger partial charge in [0.15, 0.2) is 0 Å². The van der Waals surface area contributed by atoms with Crippen LogP contribution in [0.5, 0.6) is 0 Å². The van der Waals surface area contributed by atoms with Crippen molar-refractivity contribution in [1.29, 1.82) is 0 Å². The summed E-state index contributed by atoms with van der Waals surface area (Å²) in [6, 6.07) is 7.89. The van der Waals surface area contributed by atoms with Crippen LogP contribution in [0.25, 0.3) is 0 Å². The Kier molecular flexibility index (Phi) is 7.04. The molecule has 1 saturated carbocycles. The summed E-state index contributed by atoms with van der Waals surface area (Å²) in [6.07, 6.45) is 2.34. The van der Waals surface area contributed by atoms with E-state index in [0.717, 1.165) is 17.1 Å². The molecule has 2 rings (SSSR count). The van der Waals surface area contributed by atoms with Gasteiger partial charge in [0.1, 0.15) is 0 Å². The summed E-state index contributed by atoms with van der Waals surface area (Å²) < 4.78 is 0. The number of carbonyl (C=O) groups is 1. The molecule has 5 heteroatoms. The maximum Gasteiger partial charge on any atom is 0.251 e. The molecular weight excluding hydrogens is 304 g/mol. The maximum absolute atomic E-state index is 12.3. The Morgan fingerprint density at radius 3 is 2.48 bits per heavy atom. The Balaban J connectivity index is 0.00000220. The van der Waals surface area contributed by atoms with Gasteiger partial charge in [-0.25, -0.2) is 0 Å². The van der Waals surface area contributed by atoms with Gasteiger partial charge >= 0.3 is 0 Å². The molecule has 118 valence electrons. The standard InChI is InChI=1S/C16H24N2OS.ClH/c1-3-20-10-12-4-6-13(7-5-12)15(19)18-16(2,11-17)14-8-9-14;/h4-7,14H,3,8-11,17H2,1-2H3,(H,18,19);1H. The van der Waals surface area contributed by atoms with E-state index in [2.05, 4.69) is 19.2 Å². The van der Waals surface area contributed by atoms with E-state index in [0.29, 0.717) is 12.5 Å². The molecule has 1 unspecified atom stereocenters. The van der Waals surface area contributed by atoms with Crippen molar-refractivity contribution in [2.24, 2.45) is 11.7 Å². The first-order chi connectivity index (χ1) is 9.59. The Hall–Kier alpha value is -0.710. The molecule has 0 aliphatic heterocycles. The molecule has 1 aliphatic carbocycles. The summed E-state index contributed by atoms with van der Waals surface area (Å²) in [5, 5.41) is 3.11. The number of amides is 1. The second-order valence-electron chi connectivity index (χ2n) is 5.68. The SMILES string of the molecule is CCSCc1ccc(C(=O)NC(C)(CN)C2CC2)cc1.Cl. The number of hydrogen-bond donors (Lipinski definition) is 2. The van der Waals surface area contributed by atoms with Crippen LogP contribution in [-0.2, 0) is 5.75 Å². The molecule has 0 radical (unpaired) electrons. The van der Waals surface area contributed by atoms with Gasteiger partial charge in [-0.3, -0.25) is 4.79 Å². The molecular formula is C16H25ClN2OS. The van der Waals surface area contributed by atoms with Gasteiger partial charge in [-0.1, -0.05) is 19.1 Å². The average Bonchev–Trinajstić information content (AvgIpc) is 3.30. The van der Waals surface area contributed by atoms with E-state index in [1.54, 1.807) is 0 Å². The lowest BCUT2D eigenvalue weighted by atomic mass is 9.95. The number of rotatable bonds is 7. The van der Waals surface area contributed by atoms with Crippen LogP contribution in [0.15, 0.2) is 24.3 Å². The summed E-state index contributed by atoms with van der Waals surface area (Å²) in [6.45, 7) is 4.70. The van der Waals surface area contributed by atoms with Crippen LogP contribution in [0.2, 0.25) is 0 Å². The minimum atomic E-state index is -0.256. The van der Waals surface area contributed by atoms with Gasteiger partial charge < -0.3 is 11.1 Å². The summed E-state index contributed by atoms with van der Waals surface area (Å²) >= 11 is 1.88. The fourth-order valence-electron chi connectivity index (χ4n) is 2.34. The molecule has 3 N–H and O–H groups in total. The number of thioether (sulfide) groups is 1. The van der Waals surface area contributed by atoms with E-state index in [9.17, 15) is 4.79 Å². The number of hydrogen-bond acceptors (Lipinski definition) is 3. The number of nitrogens with one attached hydrogen (secondary N) is 1. The quantitative estimate of drug-likeness (QED) is 0.808. The van der Waals surface area contributed by atoms with E-state index in [1.165, 1.54) is 18.4 Å². The largest absolute Gasteiger partial charge is 0.345 e. The second-order valence-corrected chi connectivity index (χ2v) is 6.96. The highest BCUT2D eigenvalue weighted by atomic mass is 35.5. The van der Waals surface area contributed by atoms with Crippen molar-refractivity contribution < 1.29 is 4.79 Å². The molecule has 0 heterocycles. The Morgan fingerprint density at radius 2 is 2.00 bits per heavy atom. The van der Waals surface area contributed by atoms with Gasteiger partial charge in [0, 0.05) is 17.9 Å². The predicted octanol–water partition coefficient (Wildman–Crippen LogP) is 3.22. The fraction of sp³-hybridized carbons (Fsp3) is 0.562. The zero-order chi connectivity index (χ0) is 14.6. The van der Waals surface area contributed by atoms with Crippen LogP contribution in [0.4, 0.5) is 0 Å². The molecule has 1 amide bonds. The van der Waals surface area contributed by atoms with Crippen molar-refractivity contribution in [1.82, 2.24) is 5.32 Å². The van der Waals surface area contributed by atoms with Crippen molar-refractivity contribution in [3.8, 4) is 0 Å². The summed E-state index contributed by atoms with van der Waals surface area (Å²) in [4.78, 5) is 12.3. The number of nitrogens with two attached hydrogens (primary N) is 1. The van der Waals surface area contributed by atoms with Crippen LogP contribution < -0.4 is 11.1 Å². The lowest BCUT2D eigenvalue weighted by Crippen LogP contribution is -2.53. The molecule has 3 nitrogen and oxygen atoms in total. The van der Waals surface area contributed by atoms with Crippen LogP contribution in [0, 0.1) is 5.92 Å². The highest BCUT2D eigenvalue weighted by Crippen LogP contribution is 2.39. The molecule has 0 aromatic heterocycles. The average molecular weight is 329 g/mol. The van der Waals surface area contributed by atoms with Crippen molar-refractivity contribution in [2.45, 2.75) is 38.0 Å². The third kappa shape index (κ3) is 4.90. The van der Waals surface area contributed by atoms with Gasteiger partial charge in [-0.2, -0.15) is 11.8 Å². The normalized spacial score (nSPS) is 16.7. The zero-order valence-corrected chi connectivity index (χ0v) is 14.4. The second kappa shape index (κ2) is 8.06. The third-order valence-electron chi connectivity index (χ3n) is 3.99. The zero-order valence-electron chi connectivity index (χ0n) is 12.7. The van der Waals surface area contributed by atoms with E-state index in [1.807, 2.05) is 36.0 Å². The van der Waals surface area contributed by atoms with Gasteiger partial charge in [-0.15, -0.1) is 12.4 Å². The van der Waals surface area contributed by atoms with Crippen LogP contribution in [0.3, 0.4) is 0 Å². The van der Waals surface area contributed by atoms with Gasteiger partial charge in [0.05, 0.1) is 5.54 Å². The van der Waals surface area contributed by atoms with Gasteiger partial charge in [-0.05, 0) is 49.1 Å². The molecule has 1 aromatic rings. The summed E-state index contributed by atoms with van der Waals surface area (Å²) in [5.41, 5.74) is 7.56. The van der Waals surface area contributed by atoms with Crippen LogP contribution in [0.1, 0.15) is 42.6 Å². The molecule has 0 bridgehead atoms. The molecule has 1 atom stereocenters. The van der Waals surface area contributed by atoms with Crippen molar-refractivity contribution in [3.63, 3.8) is 0 Å². The smallest absolute Gasteiger partial charge is 0.251 e. The van der Waals surface area contributed by atoms with E-state index in [4.69, 9.17) is 5.73 Å². The highest BCUT2D eigenvalue weighted by molar-refractivity contribution is 7.98. The fourth-order valence-corrected chi connectivity index (χ4v) is 2.98. The number of benzene rings is 1. The van der Waals surface area contributed by atoms with E-state index < -0.39 is 0 Å². The van der Waals surface area contributed by atoms with Crippen LogP contribution >= 0.6 is 24.2 Å². The summed E-state index contributed by atoms with van der Waals surface area (Å²) in [7, 11) is 0. The predicted molar refractivity (Wildman–Crippen MR) is 93.2 cm³/mol. The van der Waals surface area contributed by atoms with Gasteiger partial charge in [0.25, 0.3) is 5.91 Å². The first kappa shape index (κ1) is 18.3. The first-order valence-electron chi connectivity index (χ1n) is 7.28. The van der Waals surface area contributed by atoms with Crippen molar-refractivity contribution in [3.05, 3.63) is 35.4 Å². The minimum absolute atomic E-state index is 0. The van der Waals surface area contributed by atoms with Crippen molar-refractivity contribution >= 4 is 30.1 Å². The lowest BCUT2D eigenvalue weighted by Gasteiger charge is -2.29. The number of halogens is 1. The Bertz CT molecular complexity index is 462. The molecule has 0 saturated heterocycles. The lowest BCUT2D eigenvalue weighted by molar-refractivity contribution is 0.0898.